The third-order valence-corrected chi connectivity index (χ3v) is 6.76. The van der Waals surface area contributed by atoms with Crippen LogP contribution >= 0.6 is 0 Å². The predicted octanol–water partition coefficient (Wildman–Crippen LogP) is 4.16. The number of para-hydroxylation sites is 1. The van der Waals surface area contributed by atoms with Gasteiger partial charge >= 0.3 is 0 Å². The smallest absolute Gasteiger partial charge is 0.255 e. The van der Waals surface area contributed by atoms with E-state index in [0.717, 1.165) is 39.0 Å². The summed E-state index contributed by atoms with van der Waals surface area (Å²) in [5.41, 5.74) is 5.51. The lowest BCUT2D eigenvalue weighted by atomic mass is 9.93. The predicted molar refractivity (Wildman–Crippen MR) is 139 cm³/mol. The highest BCUT2D eigenvalue weighted by atomic mass is 16.5. The van der Waals surface area contributed by atoms with Gasteiger partial charge < -0.3 is 24.3 Å². The number of carbonyl (C=O) groups excluding carboxylic acids is 2. The van der Waals surface area contributed by atoms with E-state index in [1.54, 1.807) is 19.1 Å². The Morgan fingerprint density at radius 1 is 1.00 bits per heavy atom. The first-order chi connectivity index (χ1) is 17.5. The zero-order valence-electron chi connectivity index (χ0n) is 20.7. The molecule has 1 aliphatic rings. The highest BCUT2D eigenvalue weighted by Crippen LogP contribution is 2.46. The number of ether oxygens (including phenoxy) is 2. The van der Waals surface area contributed by atoms with E-state index in [-0.39, 0.29) is 18.4 Å². The summed E-state index contributed by atoms with van der Waals surface area (Å²) in [7, 11) is 5.27. The fourth-order valence-corrected chi connectivity index (χ4v) is 5.17. The minimum Gasteiger partial charge on any atom is -0.497 e. The van der Waals surface area contributed by atoms with E-state index in [2.05, 4.69) is 22.0 Å². The molecule has 1 aliphatic heterocycles. The Morgan fingerprint density at radius 3 is 2.58 bits per heavy atom. The van der Waals surface area contributed by atoms with Crippen molar-refractivity contribution in [1.29, 1.82) is 0 Å². The van der Waals surface area contributed by atoms with Crippen LogP contribution in [0.5, 0.6) is 5.75 Å². The van der Waals surface area contributed by atoms with Gasteiger partial charge in [-0.1, -0.05) is 48.5 Å². The average molecular weight is 484 g/mol. The summed E-state index contributed by atoms with van der Waals surface area (Å²) in [5.74, 6) is 0.379. The lowest BCUT2D eigenvalue weighted by molar-refractivity contribution is -0.122. The topological polar surface area (TPSA) is 72.8 Å². The maximum absolute atomic E-state index is 13.6. The van der Waals surface area contributed by atoms with E-state index in [1.807, 2.05) is 67.7 Å². The van der Waals surface area contributed by atoms with Crippen molar-refractivity contribution in [3.05, 3.63) is 89.5 Å². The Hall–Kier alpha value is -4.10. The van der Waals surface area contributed by atoms with E-state index in [4.69, 9.17) is 9.47 Å². The largest absolute Gasteiger partial charge is 0.497 e. The summed E-state index contributed by atoms with van der Waals surface area (Å²) >= 11 is 0. The first-order valence-corrected chi connectivity index (χ1v) is 11.9. The van der Waals surface area contributed by atoms with Crippen molar-refractivity contribution < 1.29 is 19.1 Å². The number of nitrogens with one attached hydrogen (secondary N) is 1. The zero-order chi connectivity index (χ0) is 25.2. The molecule has 0 bridgehead atoms. The quantitative estimate of drug-likeness (QED) is 0.382. The number of amides is 2. The Balaban J connectivity index is 1.71. The van der Waals surface area contributed by atoms with Crippen LogP contribution in [-0.2, 0) is 16.6 Å². The van der Waals surface area contributed by atoms with Crippen LogP contribution in [-0.4, -0.2) is 55.2 Å². The molecule has 0 saturated heterocycles. The van der Waals surface area contributed by atoms with Crippen molar-refractivity contribution in [2.75, 3.05) is 33.9 Å². The van der Waals surface area contributed by atoms with Crippen molar-refractivity contribution in [1.82, 2.24) is 14.8 Å². The van der Waals surface area contributed by atoms with Crippen molar-refractivity contribution in [2.24, 2.45) is 7.05 Å². The number of benzene rings is 3. The maximum Gasteiger partial charge on any atom is 0.255 e. The second-order valence-electron chi connectivity index (χ2n) is 8.84. The summed E-state index contributed by atoms with van der Waals surface area (Å²) < 4.78 is 12.7. The van der Waals surface area contributed by atoms with Crippen molar-refractivity contribution in [3.63, 3.8) is 0 Å². The molecular weight excluding hydrogens is 454 g/mol. The van der Waals surface area contributed by atoms with Crippen molar-refractivity contribution in [3.8, 4) is 17.0 Å². The summed E-state index contributed by atoms with van der Waals surface area (Å²) in [4.78, 5) is 28.2. The van der Waals surface area contributed by atoms with Gasteiger partial charge in [0.05, 0.1) is 25.5 Å². The van der Waals surface area contributed by atoms with Crippen LogP contribution in [0.25, 0.3) is 22.2 Å². The molecule has 1 N–H and O–H groups in total. The molecule has 2 amide bonds. The van der Waals surface area contributed by atoms with Crippen molar-refractivity contribution >= 4 is 22.7 Å². The molecule has 1 atom stereocenters. The number of hydrogen-bond acceptors (Lipinski definition) is 4. The van der Waals surface area contributed by atoms with Crippen LogP contribution in [0.3, 0.4) is 0 Å². The highest BCUT2D eigenvalue weighted by Gasteiger charge is 2.41. The average Bonchev–Trinajstić information content (AvgIpc) is 3.35. The van der Waals surface area contributed by atoms with Crippen LogP contribution < -0.4 is 10.1 Å². The van der Waals surface area contributed by atoms with Crippen LogP contribution in [0.15, 0.2) is 72.8 Å². The van der Waals surface area contributed by atoms with Crippen LogP contribution in [0, 0.1) is 0 Å². The molecule has 3 aromatic carbocycles. The highest BCUT2D eigenvalue weighted by molar-refractivity contribution is 6.03. The fraction of sp³-hybridized carbons (Fsp3) is 0.241. The molecule has 184 valence electrons. The molecule has 1 unspecified atom stereocenters. The van der Waals surface area contributed by atoms with Crippen LogP contribution in [0.1, 0.15) is 27.5 Å². The van der Waals surface area contributed by atoms with Gasteiger partial charge in [0.15, 0.2) is 0 Å². The zero-order valence-corrected chi connectivity index (χ0v) is 20.7. The molecule has 0 aliphatic carbocycles. The minimum absolute atomic E-state index is 0.0529. The Bertz CT molecular complexity index is 1440. The summed E-state index contributed by atoms with van der Waals surface area (Å²) in [5, 5.41) is 3.89. The second-order valence-corrected chi connectivity index (χ2v) is 8.84. The van der Waals surface area contributed by atoms with Gasteiger partial charge in [-0.25, -0.2) is 0 Å². The molecule has 0 fully saturated rings. The normalized spacial score (nSPS) is 14.8. The molecule has 0 spiro atoms. The van der Waals surface area contributed by atoms with Gasteiger partial charge in [-0.2, -0.15) is 0 Å². The van der Waals surface area contributed by atoms with Gasteiger partial charge in [0.2, 0.25) is 5.91 Å². The third kappa shape index (κ3) is 4.01. The maximum atomic E-state index is 13.6. The molecule has 0 saturated carbocycles. The number of nitrogens with zero attached hydrogens (tertiary/aromatic N) is 2. The molecule has 5 rings (SSSR count). The number of carbonyl (C=O) groups is 2. The molecule has 1 aromatic heterocycles. The Kier molecular flexibility index (Phi) is 6.48. The fourth-order valence-electron chi connectivity index (χ4n) is 5.17. The number of rotatable bonds is 8. The number of methoxy groups -OCH3 is 2. The lowest BCUT2D eigenvalue weighted by Gasteiger charge is -2.26. The number of hydrogen-bond donors (Lipinski definition) is 1. The van der Waals surface area contributed by atoms with E-state index >= 15 is 0 Å². The SMILES string of the molecule is COCCNC(=O)CN1C(=O)c2ccccc2C1c1c(-c2cccc(OC)c2)n(C)c2ccccc12. The number of aromatic nitrogens is 1. The first kappa shape index (κ1) is 23.6. The third-order valence-electron chi connectivity index (χ3n) is 6.76. The van der Waals surface area contributed by atoms with Gasteiger partial charge in [-0.3, -0.25) is 9.59 Å². The monoisotopic (exact) mass is 483 g/mol. The van der Waals surface area contributed by atoms with Crippen LogP contribution in [0.2, 0.25) is 0 Å². The molecule has 4 aromatic rings. The van der Waals surface area contributed by atoms with Gasteiger partial charge in [0, 0.05) is 48.3 Å². The number of fused-ring (bicyclic) bond motifs is 2. The molecule has 2 heterocycles. The Labute approximate surface area is 210 Å². The van der Waals surface area contributed by atoms with E-state index in [1.165, 1.54) is 0 Å². The van der Waals surface area contributed by atoms with Crippen LogP contribution in [0.4, 0.5) is 0 Å². The van der Waals surface area contributed by atoms with Crippen molar-refractivity contribution in [2.45, 2.75) is 6.04 Å². The van der Waals surface area contributed by atoms with E-state index in [9.17, 15) is 9.59 Å². The van der Waals surface area contributed by atoms with Gasteiger partial charge in [0.25, 0.3) is 5.91 Å². The summed E-state index contributed by atoms with van der Waals surface area (Å²) in [6, 6.07) is 23.3. The van der Waals surface area contributed by atoms with E-state index in [0.29, 0.717) is 18.7 Å². The standard InChI is InChI=1S/C29H29N3O4/c1-31-24-14-7-6-13-23(24)26(27(31)19-9-8-10-20(17-19)36-3)28-21-11-4-5-12-22(21)29(34)32(28)18-25(33)30-15-16-35-2/h4-14,17,28H,15-16,18H2,1-3H3,(H,30,33). The Morgan fingerprint density at radius 2 is 1.78 bits per heavy atom. The van der Waals surface area contributed by atoms with Gasteiger partial charge in [-0.05, 0) is 29.8 Å². The van der Waals surface area contributed by atoms with E-state index < -0.39 is 6.04 Å². The lowest BCUT2D eigenvalue weighted by Crippen LogP contribution is -2.40. The summed E-state index contributed by atoms with van der Waals surface area (Å²) in [6.07, 6.45) is 0. The van der Waals surface area contributed by atoms with Gasteiger partial charge in [0.1, 0.15) is 12.3 Å². The second kappa shape index (κ2) is 9.87. The molecule has 7 nitrogen and oxygen atoms in total. The molecule has 36 heavy (non-hydrogen) atoms. The first-order valence-electron chi connectivity index (χ1n) is 11.9. The molecular formula is C29H29N3O4. The van der Waals surface area contributed by atoms with Gasteiger partial charge in [-0.15, -0.1) is 0 Å². The molecule has 7 heteroatoms. The molecule has 0 radical (unpaired) electrons. The minimum atomic E-state index is -0.422. The number of aryl methyl sites for hydroxylation is 1. The summed E-state index contributed by atoms with van der Waals surface area (Å²) in [6.45, 7) is 0.744.